The molecule has 0 unspecified atom stereocenters. The smallest absolute Gasteiger partial charge is 0.268 e. The number of carbonyl (C=O) groups is 1. The van der Waals surface area contributed by atoms with Crippen molar-refractivity contribution in [2.45, 2.75) is 32.4 Å². The lowest BCUT2D eigenvalue weighted by molar-refractivity contribution is -0.122. The second-order valence-electron chi connectivity index (χ2n) is 7.78. The standard InChI is InChI=1S/C22H20ClN5O4S/c1-12-17-21(25-11-28(22(17)30)10-16(29)24-9-15-3-2-8-31-15)33-18(12)20-26-19(27-32-20)13-4-6-14(23)7-5-13/h4-7,11,15H,2-3,8-10H2,1H3,(H,24,29)/t15-/m1/s1. The normalized spacial score (nSPS) is 15.9. The molecule has 33 heavy (non-hydrogen) atoms. The number of fused-ring (bicyclic) bond motifs is 1. The summed E-state index contributed by atoms with van der Waals surface area (Å²) in [6, 6.07) is 7.11. The molecule has 0 aliphatic carbocycles. The zero-order valence-electron chi connectivity index (χ0n) is 17.7. The maximum Gasteiger partial charge on any atom is 0.268 e. The van der Waals surface area contributed by atoms with Gasteiger partial charge in [-0.25, -0.2) is 4.98 Å². The molecule has 0 radical (unpaired) electrons. The zero-order chi connectivity index (χ0) is 22.9. The number of aromatic nitrogens is 4. The number of rotatable bonds is 6. The molecule has 9 nitrogen and oxygen atoms in total. The van der Waals surface area contributed by atoms with E-state index in [0.717, 1.165) is 25.0 Å². The van der Waals surface area contributed by atoms with Gasteiger partial charge in [0.2, 0.25) is 11.7 Å². The maximum atomic E-state index is 13.1. The van der Waals surface area contributed by atoms with Crippen LogP contribution in [0.25, 0.3) is 32.4 Å². The Labute approximate surface area is 197 Å². The first-order valence-corrected chi connectivity index (χ1v) is 11.7. The van der Waals surface area contributed by atoms with Crippen LogP contribution < -0.4 is 10.9 Å². The molecule has 1 saturated heterocycles. The van der Waals surface area contributed by atoms with Crippen molar-refractivity contribution in [3.8, 4) is 22.2 Å². The lowest BCUT2D eigenvalue weighted by atomic mass is 10.2. The molecule has 3 aromatic heterocycles. The Morgan fingerprint density at radius 1 is 1.33 bits per heavy atom. The molecule has 1 fully saturated rings. The highest BCUT2D eigenvalue weighted by Gasteiger charge is 2.21. The molecule has 1 amide bonds. The van der Waals surface area contributed by atoms with Crippen molar-refractivity contribution in [1.82, 2.24) is 25.0 Å². The summed E-state index contributed by atoms with van der Waals surface area (Å²) in [6.07, 6.45) is 3.37. The number of ether oxygens (including phenoxy) is 1. The quantitative estimate of drug-likeness (QED) is 0.445. The second-order valence-corrected chi connectivity index (χ2v) is 9.22. The van der Waals surface area contributed by atoms with Gasteiger partial charge < -0.3 is 14.6 Å². The Bertz CT molecular complexity index is 1370. The van der Waals surface area contributed by atoms with Crippen LogP contribution in [-0.2, 0) is 16.1 Å². The third-order valence-corrected chi connectivity index (χ3v) is 6.94. The van der Waals surface area contributed by atoms with E-state index in [9.17, 15) is 9.59 Å². The van der Waals surface area contributed by atoms with Gasteiger partial charge in [-0.3, -0.25) is 14.2 Å². The lowest BCUT2D eigenvalue weighted by Crippen LogP contribution is -2.36. The van der Waals surface area contributed by atoms with Gasteiger partial charge in [-0.2, -0.15) is 4.98 Å². The Morgan fingerprint density at radius 3 is 2.91 bits per heavy atom. The fourth-order valence-corrected chi connectivity index (χ4v) is 4.94. The molecule has 1 aliphatic heterocycles. The largest absolute Gasteiger partial charge is 0.376 e. The van der Waals surface area contributed by atoms with Gasteiger partial charge in [-0.05, 0) is 49.6 Å². The Hall–Kier alpha value is -3.08. The molecular weight excluding hydrogens is 466 g/mol. The van der Waals surface area contributed by atoms with E-state index >= 15 is 0 Å². The Morgan fingerprint density at radius 2 is 2.15 bits per heavy atom. The molecule has 4 aromatic rings. The van der Waals surface area contributed by atoms with Crippen LogP contribution >= 0.6 is 22.9 Å². The number of aryl methyl sites for hydroxylation is 1. The van der Waals surface area contributed by atoms with Gasteiger partial charge in [0.05, 0.1) is 22.7 Å². The van der Waals surface area contributed by atoms with Gasteiger partial charge in [-0.15, -0.1) is 11.3 Å². The van der Waals surface area contributed by atoms with E-state index in [1.807, 2.05) is 6.92 Å². The van der Waals surface area contributed by atoms with Crippen molar-refractivity contribution in [1.29, 1.82) is 0 Å². The molecule has 1 aliphatic rings. The van der Waals surface area contributed by atoms with E-state index in [0.29, 0.717) is 43.9 Å². The molecule has 0 bridgehead atoms. The second kappa shape index (κ2) is 9.05. The van der Waals surface area contributed by atoms with Crippen LogP contribution in [-0.4, -0.2) is 44.9 Å². The van der Waals surface area contributed by atoms with Crippen LogP contribution in [0.4, 0.5) is 0 Å². The van der Waals surface area contributed by atoms with Crippen molar-refractivity contribution in [2.24, 2.45) is 0 Å². The first kappa shape index (κ1) is 21.7. The third kappa shape index (κ3) is 4.41. The minimum Gasteiger partial charge on any atom is -0.376 e. The van der Waals surface area contributed by atoms with E-state index in [4.69, 9.17) is 20.9 Å². The summed E-state index contributed by atoms with van der Waals surface area (Å²) in [5.74, 6) is 0.471. The first-order chi connectivity index (χ1) is 16.0. The molecule has 11 heteroatoms. The minimum absolute atomic E-state index is 0.0418. The monoisotopic (exact) mass is 485 g/mol. The summed E-state index contributed by atoms with van der Waals surface area (Å²) >= 11 is 7.24. The van der Waals surface area contributed by atoms with Crippen molar-refractivity contribution in [3.63, 3.8) is 0 Å². The predicted molar refractivity (Wildman–Crippen MR) is 124 cm³/mol. The number of hydrogen-bond acceptors (Lipinski definition) is 8. The lowest BCUT2D eigenvalue weighted by Gasteiger charge is -2.11. The van der Waals surface area contributed by atoms with Gasteiger partial charge in [0.1, 0.15) is 11.4 Å². The van der Waals surface area contributed by atoms with Crippen LogP contribution in [0, 0.1) is 6.92 Å². The van der Waals surface area contributed by atoms with Crippen molar-refractivity contribution in [3.05, 3.63) is 51.5 Å². The van der Waals surface area contributed by atoms with Crippen molar-refractivity contribution < 1.29 is 14.1 Å². The van der Waals surface area contributed by atoms with Crippen LogP contribution in [0.3, 0.4) is 0 Å². The van der Waals surface area contributed by atoms with Gasteiger partial charge in [-0.1, -0.05) is 16.8 Å². The van der Waals surface area contributed by atoms with Crippen molar-refractivity contribution in [2.75, 3.05) is 13.2 Å². The number of halogens is 1. The van der Waals surface area contributed by atoms with E-state index in [-0.39, 0.29) is 24.1 Å². The number of amides is 1. The number of nitrogens with one attached hydrogen (secondary N) is 1. The van der Waals surface area contributed by atoms with Gasteiger partial charge in [0.15, 0.2) is 0 Å². The van der Waals surface area contributed by atoms with E-state index in [2.05, 4.69) is 20.4 Å². The molecule has 0 saturated carbocycles. The van der Waals surface area contributed by atoms with Gasteiger partial charge >= 0.3 is 0 Å². The number of nitrogens with zero attached hydrogens (tertiary/aromatic N) is 4. The highest BCUT2D eigenvalue weighted by atomic mass is 35.5. The van der Waals surface area contributed by atoms with Crippen LogP contribution in [0.2, 0.25) is 5.02 Å². The highest BCUT2D eigenvalue weighted by Crippen LogP contribution is 2.35. The number of hydrogen-bond donors (Lipinski definition) is 1. The van der Waals surface area contributed by atoms with Gasteiger partial charge in [0, 0.05) is 23.7 Å². The van der Waals surface area contributed by atoms with Gasteiger partial charge in [0.25, 0.3) is 11.4 Å². The fourth-order valence-electron chi connectivity index (χ4n) is 3.75. The summed E-state index contributed by atoms with van der Waals surface area (Å²) in [5, 5.41) is 7.93. The average molecular weight is 486 g/mol. The summed E-state index contributed by atoms with van der Waals surface area (Å²) in [4.78, 5) is 35.5. The Balaban J connectivity index is 1.39. The summed E-state index contributed by atoms with van der Waals surface area (Å²) in [7, 11) is 0. The van der Waals surface area contributed by atoms with Crippen LogP contribution in [0.1, 0.15) is 18.4 Å². The van der Waals surface area contributed by atoms with E-state index in [1.165, 1.54) is 22.2 Å². The first-order valence-electron chi connectivity index (χ1n) is 10.5. The fraction of sp³-hybridized carbons (Fsp3) is 0.318. The average Bonchev–Trinajstić information content (AvgIpc) is 3.55. The molecule has 0 spiro atoms. The van der Waals surface area contributed by atoms with E-state index < -0.39 is 0 Å². The molecule has 1 atom stereocenters. The van der Waals surface area contributed by atoms with Crippen LogP contribution in [0.15, 0.2) is 39.9 Å². The maximum absolute atomic E-state index is 13.1. The molecule has 1 aromatic carbocycles. The molecule has 4 heterocycles. The summed E-state index contributed by atoms with van der Waals surface area (Å²) in [5.41, 5.74) is 1.17. The number of carbonyl (C=O) groups excluding carboxylic acids is 1. The molecule has 5 rings (SSSR count). The Kier molecular flexibility index (Phi) is 5.96. The van der Waals surface area contributed by atoms with Crippen molar-refractivity contribution >= 4 is 39.1 Å². The number of benzene rings is 1. The molecule has 170 valence electrons. The van der Waals surface area contributed by atoms with Crippen LogP contribution in [0.5, 0.6) is 0 Å². The van der Waals surface area contributed by atoms with E-state index in [1.54, 1.807) is 24.3 Å². The number of thiophene rings is 1. The molecular formula is C22H20ClN5O4S. The zero-order valence-corrected chi connectivity index (χ0v) is 19.3. The minimum atomic E-state index is -0.287. The third-order valence-electron chi connectivity index (χ3n) is 5.50. The summed E-state index contributed by atoms with van der Waals surface area (Å²) in [6.45, 7) is 2.87. The predicted octanol–water partition coefficient (Wildman–Crippen LogP) is 3.43. The molecule has 1 N–H and O–H groups in total. The topological polar surface area (TPSA) is 112 Å². The SMILES string of the molecule is Cc1c(-c2nc(-c3ccc(Cl)cc3)no2)sc2ncn(CC(=O)NC[C@H]3CCCO3)c(=O)c12. The highest BCUT2D eigenvalue weighted by molar-refractivity contribution is 7.22. The summed E-state index contributed by atoms with van der Waals surface area (Å²) < 4.78 is 12.3.